The van der Waals surface area contributed by atoms with Crippen LogP contribution >= 0.6 is 0 Å². The first-order valence-corrected chi connectivity index (χ1v) is 5.72. The lowest BCUT2D eigenvalue weighted by atomic mass is 10.3. The highest BCUT2D eigenvalue weighted by atomic mass is 16.7. The number of esters is 1. The zero-order chi connectivity index (χ0) is 13.1. The maximum absolute atomic E-state index is 11.3. The summed E-state index contributed by atoms with van der Waals surface area (Å²) in [6.07, 6.45) is -0.931. The molecular weight excluding hydrogens is 236 g/mol. The SMILES string of the molecule is C=C(C)C(=O)OC1COC(c2ccc(C)o2)OC1. The highest BCUT2D eigenvalue weighted by Gasteiger charge is 2.27. The van der Waals surface area contributed by atoms with E-state index >= 15 is 0 Å². The van der Waals surface area contributed by atoms with Crippen LogP contribution in [0.25, 0.3) is 0 Å². The standard InChI is InChI=1S/C13H16O5/c1-8(2)12(14)18-10-6-15-13(16-7-10)11-5-4-9(3)17-11/h4-5,10,13H,1,6-7H2,2-3H3. The zero-order valence-corrected chi connectivity index (χ0v) is 10.5. The largest absolute Gasteiger partial charge is 0.461 e. The van der Waals surface area contributed by atoms with Gasteiger partial charge >= 0.3 is 5.97 Å². The van der Waals surface area contributed by atoms with Crippen molar-refractivity contribution >= 4 is 5.97 Å². The van der Waals surface area contributed by atoms with E-state index in [1.54, 1.807) is 13.0 Å². The predicted molar refractivity (Wildman–Crippen MR) is 62.8 cm³/mol. The second-order valence-electron chi connectivity index (χ2n) is 4.25. The third-order valence-electron chi connectivity index (χ3n) is 2.48. The van der Waals surface area contributed by atoms with Gasteiger partial charge in [-0.2, -0.15) is 0 Å². The summed E-state index contributed by atoms with van der Waals surface area (Å²) in [5, 5.41) is 0. The topological polar surface area (TPSA) is 57.9 Å². The van der Waals surface area contributed by atoms with Crippen LogP contribution in [-0.4, -0.2) is 25.3 Å². The van der Waals surface area contributed by atoms with Crippen LogP contribution in [0.5, 0.6) is 0 Å². The van der Waals surface area contributed by atoms with Crippen LogP contribution in [0.15, 0.2) is 28.7 Å². The quantitative estimate of drug-likeness (QED) is 0.609. The van der Waals surface area contributed by atoms with Gasteiger partial charge < -0.3 is 18.6 Å². The maximum Gasteiger partial charge on any atom is 0.333 e. The molecule has 1 aliphatic heterocycles. The van der Waals surface area contributed by atoms with E-state index in [2.05, 4.69) is 6.58 Å². The minimum Gasteiger partial charge on any atom is -0.461 e. The van der Waals surface area contributed by atoms with Gasteiger partial charge in [-0.3, -0.25) is 0 Å². The Kier molecular flexibility index (Phi) is 3.84. The molecule has 0 saturated carbocycles. The first-order chi connectivity index (χ1) is 8.56. The molecule has 5 nitrogen and oxygen atoms in total. The molecule has 1 aromatic heterocycles. The second-order valence-corrected chi connectivity index (χ2v) is 4.25. The summed E-state index contributed by atoms with van der Waals surface area (Å²) in [5.41, 5.74) is 0.360. The van der Waals surface area contributed by atoms with Crippen molar-refractivity contribution in [3.05, 3.63) is 35.8 Å². The molecule has 0 aliphatic carbocycles. The van der Waals surface area contributed by atoms with Gasteiger partial charge in [0.1, 0.15) is 11.9 Å². The normalized spacial score (nSPS) is 23.7. The van der Waals surface area contributed by atoms with Crippen LogP contribution in [0.4, 0.5) is 0 Å². The Balaban J connectivity index is 1.85. The molecule has 18 heavy (non-hydrogen) atoms. The Morgan fingerprint density at radius 3 is 2.56 bits per heavy atom. The molecule has 0 bridgehead atoms. The van der Waals surface area contributed by atoms with E-state index in [9.17, 15) is 4.79 Å². The first-order valence-electron chi connectivity index (χ1n) is 5.72. The van der Waals surface area contributed by atoms with Crippen molar-refractivity contribution in [1.82, 2.24) is 0 Å². The Bertz CT molecular complexity index is 440. The van der Waals surface area contributed by atoms with E-state index in [4.69, 9.17) is 18.6 Å². The van der Waals surface area contributed by atoms with Crippen molar-refractivity contribution in [2.24, 2.45) is 0 Å². The number of furan rings is 1. The number of hydrogen-bond acceptors (Lipinski definition) is 5. The second kappa shape index (κ2) is 5.37. The molecule has 5 heteroatoms. The molecule has 2 rings (SSSR count). The van der Waals surface area contributed by atoms with Gasteiger partial charge in [0.25, 0.3) is 0 Å². The molecule has 0 unspecified atom stereocenters. The molecule has 0 radical (unpaired) electrons. The lowest BCUT2D eigenvalue weighted by molar-refractivity contribution is -0.234. The summed E-state index contributed by atoms with van der Waals surface area (Å²) in [5.74, 6) is 0.990. The Labute approximate surface area is 105 Å². The van der Waals surface area contributed by atoms with Crippen molar-refractivity contribution < 1.29 is 23.4 Å². The number of rotatable bonds is 3. The maximum atomic E-state index is 11.3. The summed E-state index contributed by atoms with van der Waals surface area (Å²) in [4.78, 5) is 11.3. The fourth-order valence-electron chi connectivity index (χ4n) is 1.55. The minimum absolute atomic E-state index is 0.281. The minimum atomic E-state index is -0.529. The smallest absolute Gasteiger partial charge is 0.333 e. The van der Waals surface area contributed by atoms with Gasteiger partial charge in [0.15, 0.2) is 5.76 Å². The molecule has 0 atom stereocenters. The van der Waals surface area contributed by atoms with E-state index in [1.807, 2.05) is 13.0 Å². The summed E-state index contributed by atoms with van der Waals surface area (Å²) in [6, 6.07) is 3.65. The molecule has 2 heterocycles. The Morgan fingerprint density at radius 2 is 2.06 bits per heavy atom. The molecule has 0 spiro atoms. The Morgan fingerprint density at radius 1 is 1.39 bits per heavy atom. The average molecular weight is 252 g/mol. The van der Waals surface area contributed by atoms with E-state index in [0.29, 0.717) is 11.3 Å². The van der Waals surface area contributed by atoms with Gasteiger partial charge in [0.05, 0.1) is 13.2 Å². The fraction of sp³-hybridized carbons (Fsp3) is 0.462. The molecular formula is C13H16O5. The van der Waals surface area contributed by atoms with Gasteiger partial charge in [0.2, 0.25) is 6.29 Å². The molecule has 1 saturated heterocycles. The fourth-order valence-corrected chi connectivity index (χ4v) is 1.55. The van der Waals surface area contributed by atoms with Crippen molar-refractivity contribution in [1.29, 1.82) is 0 Å². The van der Waals surface area contributed by atoms with Crippen LogP contribution in [0.2, 0.25) is 0 Å². The van der Waals surface area contributed by atoms with Crippen LogP contribution in [0.3, 0.4) is 0 Å². The number of carbonyl (C=O) groups is 1. The average Bonchev–Trinajstić information content (AvgIpc) is 2.76. The number of carbonyl (C=O) groups excluding carboxylic acids is 1. The van der Waals surface area contributed by atoms with E-state index in [0.717, 1.165) is 5.76 Å². The van der Waals surface area contributed by atoms with Crippen LogP contribution in [0, 0.1) is 6.92 Å². The molecule has 0 N–H and O–H groups in total. The lowest BCUT2D eigenvalue weighted by Gasteiger charge is -2.27. The third kappa shape index (κ3) is 3.00. The van der Waals surface area contributed by atoms with E-state index < -0.39 is 18.4 Å². The third-order valence-corrected chi connectivity index (χ3v) is 2.48. The monoisotopic (exact) mass is 252 g/mol. The van der Waals surface area contributed by atoms with Crippen molar-refractivity contribution in [2.75, 3.05) is 13.2 Å². The van der Waals surface area contributed by atoms with Gasteiger partial charge in [-0.05, 0) is 26.0 Å². The van der Waals surface area contributed by atoms with Gasteiger partial charge in [-0.1, -0.05) is 6.58 Å². The van der Waals surface area contributed by atoms with Crippen LogP contribution in [-0.2, 0) is 19.0 Å². The predicted octanol–water partition coefficient (Wildman–Crippen LogP) is 2.12. The Hall–Kier alpha value is -1.59. The van der Waals surface area contributed by atoms with E-state index in [1.165, 1.54) is 0 Å². The molecule has 98 valence electrons. The van der Waals surface area contributed by atoms with Crippen molar-refractivity contribution in [3.63, 3.8) is 0 Å². The summed E-state index contributed by atoms with van der Waals surface area (Å²) in [6.45, 7) is 7.53. The molecule has 1 fully saturated rings. The molecule has 1 aliphatic rings. The number of aryl methyl sites for hydroxylation is 1. The highest BCUT2D eigenvalue weighted by Crippen LogP contribution is 2.25. The van der Waals surface area contributed by atoms with E-state index in [-0.39, 0.29) is 13.2 Å². The zero-order valence-electron chi connectivity index (χ0n) is 10.5. The first kappa shape index (κ1) is 12.9. The number of hydrogen-bond donors (Lipinski definition) is 0. The lowest BCUT2D eigenvalue weighted by Crippen LogP contribution is -2.35. The van der Waals surface area contributed by atoms with Crippen molar-refractivity contribution in [2.45, 2.75) is 26.2 Å². The number of ether oxygens (including phenoxy) is 3. The molecule has 0 aromatic carbocycles. The summed E-state index contributed by atoms with van der Waals surface area (Å²) in [7, 11) is 0. The van der Waals surface area contributed by atoms with Gasteiger partial charge in [-0.15, -0.1) is 0 Å². The summed E-state index contributed by atoms with van der Waals surface area (Å²) >= 11 is 0. The molecule has 0 amide bonds. The highest BCUT2D eigenvalue weighted by molar-refractivity contribution is 5.87. The summed E-state index contributed by atoms with van der Waals surface area (Å²) < 4.78 is 21.4. The van der Waals surface area contributed by atoms with Gasteiger partial charge in [-0.25, -0.2) is 4.79 Å². The van der Waals surface area contributed by atoms with Gasteiger partial charge in [0, 0.05) is 5.57 Å². The van der Waals surface area contributed by atoms with Crippen molar-refractivity contribution in [3.8, 4) is 0 Å². The molecule has 1 aromatic rings. The van der Waals surface area contributed by atoms with Crippen LogP contribution < -0.4 is 0 Å². The van der Waals surface area contributed by atoms with Crippen LogP contribution in [0.1, 0.15) is 24.7 Å².